The summed E-state index contributed by atoms with van der Waals surface area (Å²) in [6, 6.07) is 8.32. The zero-order valence-electron chi connectivity index (χ0n) is 10.1. The van der Waals surface area contributed by atoms with Crippen LogP contribution in [0.2, 0.25) is 0 Å². The summed E-state index contributed by atoms with van der Waals surface area (Å²) in [6.45, 7) is 4.11. The van der Waals surface area contributed by atoms with Crippen LogP contribution in [0.25, 0.3) is 11.4 Å². The molecule has 3 rings (SSSR count). The van der Waals surface area contributed by atoms with E-state index >= 15 is 0 Å². The first-order chi connectivity index (χ1) is 8.24. The molecule has 88 valence electrons. The summed E-state index contributed by atoms with van der Waals surface area (Å²) in [4.78, 5) is 4.65. The molecule has 0 bridgehead atoms. The molecular weight excluding hydrogens is 212 g/mol. The van der Waals surface area contributed by atoms with Gasteiger partial charge in [0.15, 0.2) is 5.82 Å². The van der Waals surface area contributed by atoms with Crippen LogP contribution >= 0.6 is 0 Å². The molecule has 2 heterocycles. The van der Waals surface area contributed by atoms with E-state index in [-0.39, 0.29) is 0 Å². The number of hydrogen-bond acceptors (Lipinski definition) is 3. The van der Waals surface area contributed by atoms with Gasteiger partial charge in [0.2, 0.25) is 0 Å². The molecular formula is C13H16N4. The SMILES string of the molecule is Cc1cccc(-c2nc(C3CNC3)n(C)n2)c1. The maximum atomic E-state index is 4.65. The lowest BCUT2D eigenvalue weighted by molar-refractivity contribution is 0.416. The maximum absolute atomic E-state index is 4.65. The second-order valence-corrected chi connectivity index (χ2v) is 4.64. The summed E-state index contributed by atoms with van der Waals surface area (Å²) in [5.74, 6) is 2.43. The first-order valence-corrected chi connectivity index (χ1v) is 5.93. The van der Waals surface area contributed by atoms with Gasteiger partial charge in [0.25, 0.3) is 0 Å². The van der Waals surface area contributed by atoms with Gasteiger partial charge >= 0.3 is 0 Å². The molecule has 0 radical (unpaired) electrons. The van der Waals surface area contributed by atoms with Crippen LogP contribution in [0.4, 0.5) is 0 Å². The Morgan fingerprint density at radius 1 is 1.35 bits per heavy atom. The molecule has 0 saturated carbocycles. The quantitative estimate of drug-likeness (QED) is 0.846. The normalized spacial score (nSPS) is 15.9. The van der Waals surface area contributed by atoms with Gasteiger partial charge in [-0.1, -0.05) is 23.8 Å². The summed E-state index contributed by atoms with van der Waals surface area (Å²) >= 11 is 0. The van der Waals surface area contributed by atoms with E-state index in [2.05, 4.69) is 40.5 Å². The smallest absolute Gasteiger partial charge is 0.181 e. The predicted octanol–water partition coefficient (Wildman–Crippen LogP) is 1.48. The summed E-state index contributed by atoms with van der Waals surface area (Å²) < 4.78 is 1.91. The molecule has 2 aromatic rings. The summed E-state index contributed by atoms with van der Waals surface area (Å²) in [5.41, 5.74) is 2.33. The molecule has 0 aliphatic carbocycles. The number of rotatable bonds is 2. The molecule has 0 amide bonds. The lowest BCUT2D eigenvalue weighted by Gasteiger charge is -2.25. The number of nitrogens with one attached hydrogen (secondary N) is 1. The minimum atomic E-state index is 0.519. The monoisotopic (exact) mass is 228 g/mol. The van der Waals surface area contributed by atoms with Crippen LogP contribution < -0.4 is 5.32 Å². The highest BCUT2D eigenvalue weighted by Gasteiger charge is 2.24. The van der Waals surface area contributed by atoms with E-state index in [9.17, 15) is 0 Å². The largest absolute Gasteiger partial charge is 0.315 e. The number of hydrogen-bond donors (Lipinski definition) is 1. The molecule has 1 saturated heterocycles. The Balaban J connectivity index is 1.98. The van der Waals surface area contributed by atoms with Crippen molar-refractivity contribution in [2.75, 3.05) is 13.1 Å². The highest BCUT2D eigenvalue weighted by atomic mass is 15.3. The van der Waals surface area contributed by atoms with E-state index in [1.807, 2.05) is 17.8 Å². The van der Waals surface area contributed by atoms with Gasteiger partial charge in [-0.25, -0.2) is 4.98 Å². The van der Waals surface area contributed by atoms with Gasteiger partial charge in [-0.3, -0.25) is 4.68 Å². The summed E-state index contributed by atoms with van der Waals surface area (Å²) in [5, 5.41) is 7.77. The zero-order valence-corrected chi connectivity index (χ0v) is 10.1. The van der Waals surface area contributed by atoms with Crippen LogP contribution in [-0.2, 0) is 7.05 Å². The molecule has 1 fully saturated rings. The van der Waals surface area contributed by atoms with Crippen molar-refractivity contribution in [2.24, 2.45) is 7.05 Å². The van der Waals surface area contributed by atoms with Crippen LogP contribution in [0, 0.1) is 6.92 Å². The van der Waals surface area contributed by atoms with Crippen LogP contribution in [0.5, 0.6) is 0 Å². The second kappa shape index (κ2) is 3.96. The van der Waals surface area contributed by atoms with Crippen LogP contribution in [0.1, 0.15) is 17.3 Å². The third-order valence-corrected chi connectivity index (χ3v) is 3.22. The van der Waals surface area contributed by atoms with Gasteiger partial charge in [-0.15, -0.1) is 0 Å². The van der Waals surface area contributed by atoms with Crippen molar-refractivity contribution in [1.82, 2.24) is 20.1 Å². The van der Waals surface area contributed by atoms with E-state index in [1.54, 1.807) is 0 Å². The standard InChI is InChI=1S/C13H16N4/c1-9-4-3-5-10(6-9)12-15-13(17(2)16-12)11-7-14-8-11/h3-6,11,14H,7-8H2,1-2H3. The molecule has 0 atom stereocenters. The summed E-state index contributed by atoms with van der Waals surface area (Å²) in [7, 11) is 1.97. The molecule has 4 nitrogen and oxygen atoms in total. The molecule has 1 aliphatic heterocycles. The first kappa shape index (κ1) is 10.5. The van der Waals surface area contributed by atoms with Gasteiger partial charge in [-0.2, -0.15) is 5.10 Å². The van der Waals surface area contributed by atoms with E-state index in [0.29, 0.717) is 5.92 Å². The first-order valence-electron chi connectivity index (χ1n) is 5.93. The molecule has 1 aliphatic rings. The van der Waals surface area contributed by atoms with Crippen molar-refractivity contribution >= 4 is 0 Å². The fourth-order valence-corrected chi connectivity index (χ4v) is 2.13. The van der Waals surface area contributed by atoms with Gasteiger partial charge in [-0.05, 0) is 13.0 Å². The van der Waals surface area contributed by atoms with E-state index < -0.39 is 0 Å². The van der Waals surface area contributed by atoms with Crippen LogP contribution in [-0.4, -0.2) is 27.9 Å². The Bertz CT molecular complexity index is 540. The third kappa shape index (κ3) is 1.85. The predicted molar refractivity (Wildman–Crippen MR) is 66.8 cm³/mol. The highest BCUT2D eigenvalue weighted by molar-refractivity contribution is 5.55. The minimum Gasteiger partial charge on any atom is -0.315 e. The van der Waals surface area contributed by atoms with Crippen molar-refractivity contribution < 1.29 is 0 Å². The Morgan fingerprint density at radius 3 is 2.82 bits per heavy atom. The molecule has 0 unspecified atom stereocenters. The van der Waals surface area contributed by atoms with Crippen molar-refractivity contribution in [3.8, 4) is 11.4 Å². The topological polar surface area (TPSA) is 42.7 Å². The number of benzene rings is 1. The van der Waals surface area contributed by atoms with Crippen LogP contribution in [0.15, 0.2) is 24.3 Å². The number of aromatic nitrogens is 3. The lowest BCUT2D eigenvalue weighted by atomic mass is 10.0. The molecule has 4 heteroatoms. The van der Waals surface area contributed by atoms with Crippen molar-refractivity contribution in [1.29, 1.82) is 0 Å². The van der Waals surface area contributed by atoms with Gasteiger partial charge in [0.1, 0.15) is 5.82 Å². The van der Waals surface area contributed by atoms with Crippen molar-refractivity contribution in [3.63, 3.8) is 0 Å². The molecule has 17 heavy (non-hydrogen) atoms. The van der Waals surface area contributed by atoms with Crippen molar-refractivity contribution in [3.05, 3.63) is 35.7 Å². The van der Waals surface area contributed by atoms with Gasteiger partial charge in [0, 0.05) is 31.6 Å². The zero-order chi connectivity index (χ0) is 11.8. The van der Waals surface area contributed by atoms with Gasteiger partial charge < -0.3 is 5.32 Å². The number of aryl methyl sites for hydroxylation is 2. The van der Waals surface area contributed by atoms with Crippen LogP contribution in [0.3, 0.4) is 0 Å². The second-order valence-electron chi connectivity index (χ2n) is 4.64. The molecule has 1 aromatic heterocycles. The fraction of sp³-hybridized carbons (Fsp3) is 0.385. The van der Waals surface area contributed by atoms with E-state index in [0.717, 1.165) is 30.3 Å². The molecule has 1 aromatic carbocycles. The maximum Gasteiger partial charge on any atom is 0.181 e. The third-order valence-electron chi connectivity index (χ3n) is 3.22. The lowest BCUT2D eigenvalue weighted by Crippen LogP contribution is -2.41. The average molecular weight is 228 g/mol. The minimum absolute atomic E-state index is 0.519. The van der Waals surface area contributed by atoms with E-state index in [4.69, 9.17) is 0 Å². The molecule has 1 N–H and O–H groups in total. The average Bonchev–Trinajstić information content (AvgIpc) is 2.59. The van der Waals surface area contributed by atoms with Crippen molar-refractivity contribution in [2.45, 2.75) is 12.8 Å². The van der Waals surface area contributed by atoms with E-state index in [1.165, 1.54) is 5.56 Å². The fourth-order valence-electron chi connectivity index (χ4n) is 2.13. The Kier molecular flexibility index (Phi) is 2.44. The summed E-state index contributed by atoms with van der Waals surface area (Å²) in [6.07, 6.45) is 0. The Labute approximate surface area is 101 Å². The molecule has 0 spiro atoms. The van der Waals surface area contributed by atoms with Gasteiger partial charge in [0.05, 0.1) is 0 Å². The number of nitrogens with zero attached hydrogens (tertiary/aromatic N) is 3. The Morgan fingerprint density at radius 2 is 2.18 bits per heavy atom. The highest BCUT2D eigenvalue weighted by Crippen LogP contribution is 2.22. The Hall–Kier alpha value is -1.68.